The van der Waals surface area contributed by atoms with Crippen LogP contribution in [0.15, 0.2) is 60.8 Å². The molecule has 10 nitrogen and oxygen atoms in total. The lowest BCUT2D eigenvalue weighted by Gasteiger charge is -2.24. The lowest BCUT2D eigenvalue weighted by atomic mass is 10.1. The minimum absolute atomic E-state index is 0.00675. The molecule has 0 bridgehead atoms. The molecule has 0 aliphatic heterocycles. The number of likely N-dealkylation sites (N-methyl/N-ethyl adjacent to an activating group) is 1. The molecule has 0 aromatic heterocycles. The van der Waals surface area contributed by atoms with E-state index in [1.807, 2.05) is 33.3 Å². The highest BCUT2D eigenvalue weighted by Crippen LogP contribution is 2.43. The number of allylic oxidation sites excluding steroid dienone is 9. The number of nitrogens with zero attached hydrogens (tertiary/aromatic N) is 1. The molecule has 11 heteroatoms. The molecular weight excluding hydrogens is 741 g/mol. The van der Waals surface area contributed by atoms with Crippen LogP contribution in [-0.2, 0) is 32.7 Å². The molecule has 2 unspecified atom stereocenters. The molecule has 0 fully saturated rings. The van der Waals surface area contributed by atoms with Crippen molar-refractivity contribution >= 4 is 19.8 Å². The maximum absolute atomic E-state index is 12.7. The number of esters is 2. The van der Waals surface area contributed by atoms with Gasteiger partial charge in [-0.3, -0.25) is 18.6 Å². The molecule has 0 aromatic carbocycles. The first kappa shape index (κ1) is 54.7. The third kappa shape index (κ3) is 41.6. The standard InChI is InChI=1S/C46H82NO9P/c1-6-8-10-12-14-16-18-20-21-23-25-27-29-31-33-37-45(49)53-41-44(42-55-57(51,52)54-40-39-47(3,4)5)56-46(50)38-34-36-43(48)35-32-30-28-26-24-22-19-17-15-13-11-9-7-2/h14,16,20-22,24,28,30,32,35,43-44,48H,6-13,15,17-19,23,25-27,29,31,33-34,36-42H2,1-5H3/p+1/b16-14-,21-20-,24-22+,30-28+,35-32+/t43?,44-/m1/s1. The normalized spacial score (nSPS) is 14.7. The minimum atomic E-state index is -4.43. The summed E-state index contributed by atoms with van der Waals surface area (Å²) in [4.78, 5) is 35.4. The molecule has 0 aliphatic carbocycles. The first-order valence-electron chi connectivity index (χ1n) is 22.1. The van der Waals surface area contributed by atoms with Crippen molar-refractivity contribution in [1.29, 1.82) is 0 Å². The number of hydrogen-bond acceptors (Lipinski definition) is 8. The molecule has 0 amide bonds. The fraction of sp³-hybridized carbons (Fsp3) is 0.739. The highest BCUT2D eigenvalue weighted by molar-refractivity contribution is 7.47. The summed E-state index contributed by atoms with van der Waals surface area (Å²) in [6.45, 7) is 4.14. The first-order valence-corrected chi connectivity index (χ1v) is 23.6. The van der Waals surface area contributed by atoms with Gasteiger partial charge in [-0.1, -0.05) is 139 Å². The van der Waals surface area contributed by atoms with Crippen molar-refractivity contribution in [2.45, 2.75) is 174 Å². The van der Waals surface area contributed by atoms with Crippen LogP contribution in [0.3, 0.4) is 0 Å². The number of ether oxygens (including phenoxy) is 2. The van der Waals surface area contributed by atoms with Crippen LogP contribution in [0, 0.1) is 0 Å². The van der Waals surface area contributed by atoms with E-state index in [1.54, 1.807) is 12.2 Å². The van der Waals surface area contributed by atoms with Crippen LogP contribution >= 0.6 is 7.82 Å². The van der Waals surface area contributed by atoms with Crippen molar-refractivity contribution in [3.8, 4) is 0 Å². The zero-order valence-corrected chi connectivity index (χ0v) is 37.6. The number of aliphatic hydroxyl groups excluding tert-OH is 1. The molecule has 2 N–H and O–H groups in total. The zero-order chi connectivity index (χ0) is 42.3. The Bertz CT molecular complexity index is 1170. The van der Waals surface area contributed by atoms with Gasteiger partial charge in [-0.15, -0.1) is 0 Å². The van der Waals surface area contributed by atoms with E-state index < -0.39 is 38.6 Å². The van der Waals surface area contributed by atoms with E-state index in [4.69, 9.17) is 18.5 Å². The fourth-order valence-corrected chi connectivity index (χ4v) is 6.32. The van der Waals surface area contributed by atoms with Gasteiger partial charge in [0.1, 0.15) is 19.8 Å². The number of unbranched alkanes of at least 4 members (excludes halogenated alkanes) is 14. The minimum Gasteiger partial charge on any atom is -0.462 e. The highest BCUT2D eigenvalue weighted by atomic mass is 31.2. The Morgan fingerprint density at radius 2 is 1.16 bits per heavy atom. The second-order valence-electron chi connectivity index (χ2n) is 15.9. The molecule has 0 radical (unpaired) electrons. The second kappa shape index (κ2) is 37.9. The number of carbonyl (C=O) groups is 2. The van der Waals surface area contributed by atoms with Gasteiger partial charge in [0.2, 0.25) is 0 Å². The monoisotopic (exact) mass is 825 g/mol. The molecule has 0 heterocycles. The lowest BCUT2D eigenvalue weighted by molar-refractivity contribution is -0.870. The number of phosphoric ester groups is 1. The van der Waals surface area contributed by atoms with Gasteiger partial charge in [-0.05, 0) is 70.6 Å². The van der Waals surface area contributed by atoms with Crippen LogP contribution in [0.25, 0.3) is 0 Å². The Balaban J connectivity index is 4.59. The van der Waals surface area contributed by atoms with Gasteiger partial charge in [-0.25, -0.2) is 4.57 Å². The maximum atomic E-state index is 12.7. The van der Waals surface area contributed by atoms with Crippen molar-refractivity contribution in [2.24, 2.45) is 0 Å². The number of phosphoric acid groups is 1. The van der Waals surface area contributed by atoms with Gasteiger partial charge < -0.3 is 24.0 Å². The summed E-state index contributed by atoms with van der Waals surface area (Å²) in [6, 6.07) is 0. The van der Waals surface area contributed by atoms with Crippen LogP contribution in [0.4, 0.5) is 0 Å². The number of aliphatic hydroxyl groups is 1. The topological polar surface area (TPSA) is 129 Å². The number of rotatable bonds is 39. The molecule has 57 heavy (non-hydrogen) atoms. The fourth-order valence-electron chi connectivity index (χ4n) is 5.58. The number of carbonyl (C=O) groups excluding carboxylic acids is 2. The van der Waals surface area contributed by atoms with Crippen molar-refractivity contribution < 1.29 is 47.2 Å². The average Bonchev–Trinajstić information content (AvgIpc) is 3.15. The van der Waals surface area contributed by atoms with Gasteiger partial charge in [0, 0.05) is 12.8 Å². The second-order valence-corrected chi connectivity index (χ2v) is 17.4. The summed E-state index contributed by atoms with van der Waals surface area (Å²) in [7, 11) is 1.35. The smallest absolute Gasteiger partial charge is 0.462 e. The molecule has 0 spiro atoms. The van der Waals surface area contributed by atoms with Crippen molar-refractivity contribution in [2.75, 3.05) is 47.5 Å². The van der Waals surface area contributed by atoms with Gasteiger partial charge in [0.15, 0.2) is 6.10 Å². The van der Waals surface area contributed by atoms with Crippen LogP contribution < -0.4 is 0 Å². The quantitative estimate of drug-likeness (QED) is 0.0155. The van der Waals surface area contributed by atoms with Gasteiger partial charge in [-0.2, -0.15) is 0 Å². The Hall–Kier alpha value is -2.33. The Labute approximate surface area is 348 Å². The summed E-state index contributed by atoms with van der Waals surface area (Å²) in [5.74, 6) is -1.02. The van der Waals surface area contributed by atoms with Gasteiger partial charge >= 0.3 is 19.8 Å². The van der Waals surface area contributed by atoms with E-state index in [-0.39, 0.29) is 26.1 Å². The van der Waals surface area contributed by atoms with E-state index in [2.05, 4.69) is 50.3 Å². The van der Waals surface area contributed by atoms with E-state index >= 15 is 0 Å². The van der Waals surface area contributed by atoms with E-state index in [0.717, 1.165) is 51.4 Å². The van der Waals surface area contributed by atoms with E-state index in [0.29, 0.717) is 30.3 Å². The number of hydrogen-bond donors (Lipinski definition) is 2. The van der Waals surface area contributed by atoms with Crippen molar-refractivity contribution in [1.82, 2.24) is 0 Å². The van der Waals surface area contributed by atoms with Crippen molar-refractivity contribution in [3.63, 3.8) is 0 Å². The predicted molar refractivity (Wildman–Crippen MR) is 235 cm³/mol. The molecule has 0 saturated heterocycles. The van der Waals surface area contributed by atoms with Crippen molar-refractivity contribution in [3.05, 3.63) is 60.8 Å². The van der Waals surface area contributed by atoms with Gasteiger partial charge in [0.25, 0.3) is 0 Å². The number of quaternary nitrogens is 1. The van der Waals surface area contributed by atoms with E-state index in [1.165, 1.54) is 64.2 Å². The molecule has 0 rings (SSSR count). The summed E-state index contributed by atoms with van der Waals surface area (Å²) >= 11 is 0. The van der Waals surface area contributed by atoms with Gasteiger partial charge in [0.05, 0.1) is 33.9 Å². The van der Waals surface area contributed by atoms with Crippen LogP contribution in [0.5, 0.6) is 0 Å². The molecule has 0 aromatic rings. The largest absolute Gasteiger partial charge is 0.472 e. The van der Waals surface area contributed by atoms with Crippen LogP contribution in [0.2, 0.25) is 0 Å². The SMILES string of the molecule is CCCCC/C=C\C/C=C\CCCCCCCC(=O)OC[C@H](COP(=O)(O)OCC[N+](C)(C)C)OC(=O)CCCC(O)/C=C/C=C/C/C=C/CCCCCCCC. The molecule has 0 aliphatic rings. The molecular formula is C46H83NO9P+. The Kier molecular flexibility index (Phi) is 36.4. The highest BCUT2D eigenvalue weighted by Gasteiger charge is 2.27. The van der Waals surface area contributed by atoms with Crippen LogP contribution in [0.1, 0.15) is 162 Å². The van der Waals surface area contributed by atoms with E-state index in [9.17, 15) is 24.2 Å². The Morgan fingerprint density at radius 3 is 1.77 bits per heavy atom. The lowest BCUT2D eigenvalue weighted by Crippen LogP contribution is -2.37. The summed E-state index contributed by atoms with van der Waals surface area (Å²) in [5, 5.41) is 10.3. The Morgan fingerprint density at radius 1 is 0.632 bits per heavy atom. The zero-order valence-electron chi connectivity index (χ0n) is 36.7. The maximum Gasteiger partial charge on any atom is 0.472 e. The predicted octanol–water partition coefficient (Wildman–Crippen LogP) is 11.4. The average molecular weight is 825 g/mol. The van der Waals surface area contributed by atoms with Crippen LogP contribution in [-0.4, -0.2) is 86.1 Å². The summed E-state index contributed by atoms with van der Waals surface area (Å²) in [6.07, 6.45) is 41.5. The third-order valence-electron chi connectivity index (χ3n) is 9.12. The third-order valence-corrected chi connectivity index (χ3v) is 10.1. The molecule has 3 atom stereocenters. The molecule has 330 valence electrons. The first-order chi connectivity index (χ1) is 27.4. The summed E-state index contributed by atoms with van der Waals surface area (Å²) in [5.41, 5.74) is 0. The summed E-state index contributed by atoms with van der Waals surface area (Å²) < 4.78 is 34.1. The molecule has 0 saturated carbocycles.